The molecule has 4 nitrogen and oxygen atoms in total. The average Bonchev–Trinajstić information content (AvgIpc) is 2.66. The molecule has 25 heavy (non-hydrogen) atoms. The summed E-state index contributed by atoms with van der Waals surface area (Å²) >= 11 is 0. The van der Waals surface area contributed by atoms with E-state index in [4.69, 9.17) is 0 Å². The van der Waals surface area contributed by atoms with Crippen molar-refractivity contribution in [3.63, 3.8) is 0 Å². The minimum absolute atomic E-state index is 0.108. The van der Waals surface area contributed by atoms with Gasteiger partial charge in [-0.25, -0.2) is 0 Å². The van der Waals surface area contributed by atoms with Crippen LogP contribution in [0.25, 0.3) is 0 Å². The van der Waals surface area contributed by atoms with E-state index in [0.717, 1.165) is 24.0 Å². The first kappa shape index (κ1) is 18.7. The highest BCUT2D eigenvalue weighted by atomic mass is 16.2. The van der Waals surface area contributed by atoms with Crippen molar-refractivity contribution in [2.24, 2.45) is 0 Å². The summed E-state index contributed by atoms with van der Waals surface area (Å²) in [7, 11) is 3.45. The molecular formula is C21H26N2O2. The van der Waals surface area contributed by atoms with E-state index >= 15 is 0 Å². The van der Waals surface area contributed by atoms with Crippen molar-refractivity contribution in [3.05, 3.63) is 71.3 Å². The van der Waals surface area contributed by atoms with Crippen LogP contribution in [-0.4, -0.2) is 30.8 Å². The molecule has 0 saturated carbocycles. The number of hydrogen-bond donors (Lipinski definition) is 1. The van der Waals surface area contributed by atoms with Crippen LogP contribution in [0.3, 0.4) is 0 Å². The van der Waals surface area contributed by atoms with Crippen molar-refractivity contribution in [2.75, 3.05) is 14.1 Å². The lowest BCUT2D eigenvalue weighted by Gasteiger charge is -2.24. The second-order valence-electron chi connectivity index (χ2n) is 6.22. The molecule has 1 atom stereocenters. The molecule has 2 rings (SSSR count). The summed E-state index contributed by atoms with van der Waals surface area (Å²) in [5.74, 6) is -0.0900. The summed E-state index contributed by atoms with van der Waals surface area (Å²) in [6.07, 6.45) is 1.79. The van der Waals surface area contributed by atoms with Gasteiger partial charge in [0.2, 0.25) is 5.91 Å². The predicted octanol–water partition coefficient (Wildman–Crippen LogP) is 3.59. The number of carbonyl (C=O) groups excluding carboxylic acids is 2. The van der Waals surface area contributed by atoms with E-state index in [0.29, 0.717) is 12.1 Å². The molecule has 0 bridgehead atoms. The summed E-state index contributed by atoms with van der Waals surface area (Å²) < 4.78 is 0. The first-order valence-electron chi connectivity index (χ1n) is 8.67. The van der Waals surface area contributed by atoms with Crippen LogP contribution in [-0.2, 0) is 11.3 Å². The van der Waals surface area contributed by atoms with Gasteiger partial charge in [-0.1, -0.05) is 55.8 Å². The standard InChI is InChI=1S/C21H26N2O2/c1-4-8-19(17-9-6-5-7-10-17)21(25)23(3)15-16-11-13-18(14-12-16)20(24)22-2/h5-7,9-14,19H,4,8,15H2,1-3H3,(H,22,24)/t19-/m0/s1. The molecule has 0 spiro atoms. The zero-order valence-corrected chi connectivity index (χ0v) is 15.2. The van der Waals surface area contributed by atoms with Crippen LogP contribution in [0.15, 0.2) is 54.6 Å². The Morgan fingerprint density at radius 1 is 1.04 bits per heavy atom. The van der Waals surface area contributed by atoms with Gasteiger partial charge in [-0.3, -0.25) is 9.59 Å². The number of likely N-dealkylation sites (N-methyl/N-ethyl adjacent to an activating group) is 1. The van der Waals surface area contributed by atoms with E-state index in [2.05, 4.69) is 12.2 Å². The summed E-state index contributed by atoms with van der Waals surface area (Å²) in [6.45, 7) is 2.63. The third-order valence-electron chi connectivity index (χ3n) is 4.32. The molecule has 0 fully saturated rings. The molecule has 0 aliphatic carbocycles. The highest BCUT2D eigenvalue weighted by Gasteiger charge is 2.23. The highest BCUT2D eigenvalue weighted by molar-refractivity contribution is 5.94. The maximum atomic E-state index is 12.9. The van der Waals surface area contributed by atoms with Crippen LogP contribution < -0.4 is 5.32 Å². The monoisotopic (exact) mass is 338 g/mol. The quantitative estimate of drug-likeness (QED) is 0.839. The number of carbonyl (C=O) groups is 2. The Kier molecular flexibility index (Phi) is 6.75. The predicted molar refractivity (Wildman–Crippen MR) is 100 cm³/mol. The van der Waals surface area contributed by atoms with Crippen molar-refractivity contribution in [1.82, 2.24) is 10.2 Å². The molecule has 4 heteroatoms. The van der Waals surface area contributed by atoms with Gasteiger partial charge in [-0.2, -0.15) is 0 Å². The van der Waals surface area contributed by atoms with Crippen molar-refractivity contribution in [2.45, 2.75) is 32.2 Å². The Bertz CT molecular complexity index is 696. The zero-order chi connectivity index (χ0) is 18.2. The topological polar surface area (TPSA) is 49.4 Å². The smallest absolute Gasteiger partial charge is 0.251 e. The SMILES string of the molecule is CCC[C@H](C(=O)N(C)Cc1ccc(C(=O)NC)cc1)c1ccccc1. The average molecular weight is 338 g/mol. The highest BCUT2D eigenvalue weighted by Crippen LogP contribution is 2.24. The van der Waals surface area contributed by atoms with E-state index in [9.17, 15) is 9.59 Å². The van der Waals surface area contributed by atoms with E-state index in [1.807, 2.05) is 49.5 Å². The molecule has 0 aliphatic rings. The lowest BCUT2D eigenvalue weighted by molar-refractivity contribution is -0.132. The van der Waals surface area contributed by atoms with Gasteiger partial charge in [0, 0.05) is 26.2 Å². The number of hydrogen-bond acceptors (Lipinski definition) is 2. The fourth-order valence-corrected chi connectivity index (χ4v) is 2.93. The van der Waals surface area contributed by atoms with Gasteiger partial charge >= 0.3 is 0 Å². The Labute approximate surface area is 149 Å². The molecule has 0 unspecified atom stereocenters. The molecule has 2 aromatic carbocycles. The van der Waals surface area contributed by atoms with Gasteiger partial charge in [0.25, 0.3) is 5.91 Å². The van der Waals surface area contributed by atoms with Crippen molar-refractivity contribution < 1.29 is 9.59 Å². The second-order valence-corrected chi connectivity index (χ2v) is 6.22. The number of rotatable bonds is 7. The molecule has 1 N–H and O–H groups in total. The fourth-order valence-electron chi connectivity index (χ4n) is 2.93. The third-order valence-corrected chi connectivity index (χ3v) is 4.32. The van der Waals surface area contributed by atoms with Crippen molar-refractivity contribution in [3.8, 4) is 0 Å². The van der Waals surface area contributed by atoms with Crippen LogP contribution >= 0.6 is 0 Å². The van der Waals surface area contributed by atoms with E-state index < -0.39 is 0 Å². The molecule has 0 saturated heterocycles. The van der Waals surface area contributed by atoms with Crippen molar-refractivity contribution >= 4 is 11.8 Å². The molecule has 132 valence electrons. The number of nitrogens with one attached hydrogen (secondary N) is 1. The fraction of sp³-hybridized carbons (Fsp3) is 0.333. The first-order chi connectivity index (χ1) is 12.1. The number of benzene rings is 2. The molecular weight excluding hydrogens is 312 g/mol. The third kappa shape index (κ3) is 4.92. The normalized spacial score (nSPS) is 11.6. The number of nitrogens with zero attached hydrogens (tertiary/aromatic N) is 1. The van der Waals surface area contributed by atoms with Gasteiger partial charge < -0.3 is 10.2 Å². The Morgan fingerprint density at radius 2 is 1.68 bits per heavy atom. The zero-order valence-electron chi connectivity index (χ0n) is 15.2. The maximum absolute atomic E-state index is 12.9. The molecule has 0 aliphatic heterocycles. The molecule has 0 heterocycles. The van der Waals surface area contributed by atoms with Gasteiger partial charge in [0.15, 0.2) is 0 Å². The first-order valence-corrected chi connectivity index (χ1v) is 8.67. The van der Waals surface area contributed by atoms with Crippen molar-refractivity contribution in [1.29, 1.82) is 0 Å². The van der Waals surface area contributed by atoms with Gasteiger partial charge in [-0.15, -0.1) is 0 Å². The summed E-state index contributed by atoms with van der Waals surface area (Å²) in [5.41, 5.74) is 2.69. The lowest BCUT2D eigenvalue weighted by Crippen LogP contribution is -2.31. The maximum Gasteiger partial charge on any atom is 0.251 e. The van der Waals surface area contributed by atoms with Gasteiger partial charge in [-0.05, 0) is 29.7 Å². The molecule has 0 aromatic heterocycles. The summed E-state index contributed by atoms with van der Waals surface area (Å²) in [6, 6.07) is 17.3. The Balaban J connectivity index is 2.08. The largest absolute Gasteiger partial charge is 0.355 e. The van der Waals surface area contributed by atoms with E-state index in [1.54, 1.807) is 24.1 Å². The van der Waals surface area contributed by atoms with Crippen LogP contribution in [0.5, 0.6) is 0 Å². The van der Waals surface area contributed by atoms with Crippen LogP contribution in [0, 0.1) is 0 Å². The van der Waals surface area contributed by atoms with Gasteiger partial charge in [0.1, 0.15) is 0 Å². The van der Waals surface area contributed by atoms with Crippen LogP contribution in [0.1, 0.15) is 47.2 Å². The van der Waals surface area contributed by atoms with Crippen LogP contribution in [0.4, 0.5) is 0 Å². The summed E-state index contributed by atoms with van der Waals surface area (Å²) in [5, 5.41) is 2.60. The van der Waals surface area contributed by atoms with Gasteiger partial charge in [0.05, 0.1) is 5.92 Å². The lowest BCUT2D eigenvalue weighted by atomic mass is 9.93. The van der Waals surface area contributed by atoms with E-state index in [-0.39, 0.29) is 17.7 Å². The summed E-state index contributed by atoms with van der Waals surface area (Å²) in [4.78, 5) is 26.3. The Morgan fingerprint density at radius 3 is 2.24 bits per heavy atom. The molecule has 0 radical (unpaired) electrons. The second kappa shape index (κ2) is 9.02. The minimum atomic E-state index is -0.110. The number of amides is 2. The van der Waals surface area contributed by atoms with E-state index in [1.165, 1.54) is 0 Å². The van der Waals surface area contributed by atoms with Crippen LogP contribution in [0.2, 0.25) is 0 Å². The molecule has 2 amide bonds. The Hall–Kier alpha value is -2.62. The molecule has 2 aromatic rings. The minimum Gasteiger partial charge on any atom is -0.355 e.